The second-order valence-electron chi connectivity index (χ2n) is 6.53. The summed E-state index contributed by atoms with van der Waals surface area (Å²) in [5.41, 5.74) is 0.780. The van der Waals surface area contributed by atoms with Gasteiger partial charge in [0.15, 0.2) is 0 Å². The molecule has 1 aromatic carbocycles. The molecule has 0 aliphatic rings. The lowest BCUT2D eigenvalue weighted by Gasteiger charge is -2.15. The summed E-state index contributed by atoms with van der Waals surface area (Å²) in [7, 11) is 1.20. The maximum Gasteiger partial charge on any atom is 0.420 e. The van der Waals surface area contributed by atoms with Crippen LogP contribution in [0.2, 0.25) is 0 Å². The van der Waals surface area contributed by atoms with Crippen molar-refractivity contribution < 1.29 is 17.9 Å². The Kier molecular flexibility index (Phi) is 5.86. The number of hydrogen-bond donors (Lipinski definition) is 2. The number of nitrogens with one attached hydrogen (secondary N) is 2. The third-order valence-corrected chi connectivity index (χ3v) is 3.90. The van der Waals surface area contributed by atoms with Crippen LogP contribution in [0.1, 0.15) is 19.4 Å². The van der Waals surface area contributed by atoms with Crippen LogP contribution >= 0.6 is 0 Å². The molecule has 9 heteroatoms. The van der Waals surface area contributed by atoms with E-state index < -0.39 is 11.7 Å². The van der Waals surface area contributed by atoms with Crippen LogP contribution in [0.5, 0.6) is 5.75 Å². The first-order chi connectivity index (χ1) is 13.8. The number of rotatable bonds is 6. The van der Waals surface area contributed by atoms with Gasteiger partial charge in [0.05, 0.1) is 18.4 Å². The zero-order valence-electron chi connectivity index (χ0n) is 16.1. The van der Waals surface area contributed by atoms with Crippen LogP contribution < -0.4 is 15.4 Å². The summed E-state index contributed by atoms with van der Waals surface area (Å²) in [6, 6.07) is 9.08. The van der Waals surface area contributed by atoms with Crippen molar-refractivity contribution in [3.05, 3.63) is 54.4 Å². The van der Waals surface area contributed by atoms with Gasteiger partial charge in [-0.25, -0.2) is 4.98 Å². The predicted molar refractivity (Wildman–Crippen MR) is 105 cm³/mol. The summed E-state index contributed by atoms with van der Waals surface area (Å²) in [5.74, 6) is 0.472. The summed E-state index contributed by atoms with van der Waals surface area (Å²) < 4.78 is 44.7. The molecule has 0 radical (unpaired) electrons. The molecule has 0 spiro atoms. The lowest BCUT2D eigenvalue weighted by atomic mass is 10.1. The first-order valence-corrected chi connectivity index (χ1v) is 8.84. The van der Waals surface area contributed by atoms with Gasteiger partial charge in [-0.05, 0) is 44.2 Å². The third-order valence-electron chi connectivity index (χ3n) is 3.90. The fraction of sp³-hybridized carbons (Fsp3) is 0.250. The smallest absolute Gasteiger partial charge is 0.420 e. The van der Waals surface area contributed by atoms with Crippen molar-refractivity contribution in [2.75, 3.05) is 17.7 Å². The maximum absolute atomic E-state index is 13.3. The Labute approximate surface area is 166 Å². The first kappa shape index (κ1) is 20.4. The second kappa shape index (κ2) is 8.34. The van der Waals surface area contributed by atoms with Gasteiger partial charge in [-0.1, -0.05) is 0 Å². The fourth-order valence-corrected chi connectivity index (χ4v) is 2.66. The van der Waals surface area contributed by atoms with E-state index in [0.717, 1.165) is 11.6 Å². The highest BCUT2D eigenvalue weighted by molar-refractivity contribution is 5.68. The van der Waals surface area contributed by atoms with Gasteiger partial charge in [0, 0.05) is 35.8 Å². The molecule has 2 aromatic heterocycles. The number of benzene rings is 1. The molecular formula is C20H20F3N5O. The first-order valence-electron chi connectivity index (χ1n) is 8.84. The van der Waals surface area contributed by atoms with Crippen LogP contribution in [-0.2, 0) is 6.18 Å². The monoisotopic (exact) mass is 403 g/mol. The van der Waals surface area contributed by atoms with E-state index in [-0.39, 0.29) is 17.5 Å². The molecule has 2 heterocycles. The molecule has 2 N–H and O–H groups in total. The minimum atomic E-state index is -4.54. The summed E-state index contributed by atoms with van der Waals surface area (Å²) in [6.45, 7) is 3.88. The van der Waals surface area contributed by atoms with Crippen LogP contribution in [0.25, 0.3) is 11.3 Å². The number of anilines is 3. The van der Waals surface area contributed by atoms with Crippen LogP contribution in [0, 0.1) is 0 Å². The van der Waals surface area contributed by atoms with Gasteiger partial charge >= 0.3 is 6.18 Å². The largest absolute Gasteiger partial charge is 0.496 e. The average molecular weight is 403 g/mol. The Morgan fingerprint density at radius 3 is 2.34 bits per heavy atom. The molecule has 0 saturated heterocycles. The van der Waals surface area contributed by atoms with E-state index in [1.165, 1.54) is 19.2 Å². The highest BCUT2D eigenvalue weighted by Crippen LogP contribution is 2.38. The Morgan fingerprint density at radius 2 is 1.72 bits per heavy atom. The Hall–Kier alpha value is -3.36. The van der Waals surface area contributed by atoms with Gasteiger partial charge in [-0.2, -0.15) is 18.2 Å². The quantitative estimate of drug-likeness (QED) is 0.595. The van der Waals surface area contributed by atoms with E-state index in [9.17, 15) is 13.2 Å². The molecule has 6 nitrogen and oxygen atoms in total. The second-order valence-corrected chi connectivity index (χ2v) is 6.53. The van der Waals surface area contributed by atoms with E-state index in [2.05, 4.69) is 25.6 Å². The normalized spacial score (nSPS) is 11.4. The summed E-state index contributed by atoms with van der Waals surface area (Å²) in [4.78, 5) is 12.8. The maximum atomic E-state index is 13.3. The van der Waals surface area contributed by atoms with Crippen molar-refractivity contribution in [2.45, 2.75) is 26.1 Å². The summed E-state index contributed by atoms with van der Waals surface area (Å²) >= 11 is 0. The van der Waals surface area contributed by atoms with Crippen molar-refractivity contribution in [1.29, 1.82) is 0 Å². The van der Waals surface area contributed by atoms with Crippen molar-refractivity contribution in [2.24, 2.45) is 0 Å². The van der Waals surface area contributed by atoms with Gasteiger partial charge in [-0.15, -0.1) is 0 Å². The molecule has 152 valence electrons. The number of methoxy groups -OCH3 is 1. The molecule has 0 unspecified atom stereocenters. The molecule has 0 aliphatic heterocycles. The zero-order chi connectivity index (χ0) is 21.0. The predicted octanol–water partition coefficient (Wildman–Crippen LogP) is 5.13. The van der Waals surface area contributed by atoms with Gasteiger partial charge in [0.1, 0.15) is 11.6 Å². The molecule has 0 amide bonds. The van der Waals surface area contributed by atoms with Crippen molar-refractivity contribution >= 4 is 17.5 Å². The van der Waals surface area contributed by atoms with E-state index in [1.807, 2.05) is 13.8 Å². The van der Waals surface area contributed by atoms with E-state index in [4.69, 9.17) is 4.74 Å². The highest BCUT2D eigenvalue weighted by atomic mass is 19.4. The minimum absolute atomic E-state index is 0.0772. The number of halogens is 3. The number of pyridine rings is 1. The van der Waals surface area contributed by atoms with Gasteiger partial charge in [-0.3, -0.25) is 4.98 Å². The van der Waals surface area contributed by atoms with Crippen molar-refractivity contribution in [3.8, 4) is 17.0 Å². The highest BCUT2D eigenvalue weighted by Gasteiger charge is 2.34. The van der Waals surface area contributed by atoms with Gasteiger partial charge in [0.2, 0.25) is 5.95 Å². The number of alkyl halides is 3. The lowest BCUT2D eigenvalue weighted by Crippen LogP contribution is -2.13. The third kappa shape index (κ3) is 5.13. The molecule has 3 aromatic rings. The Bertz CT molecular complexity index is 978. The summed E-state index contributed by atoms with van der Waals surface area (Å²) in [5, 5.41) is 6.05. The van der Waals surface area contributed by atoms with E-state index in [1.54, 1.807) is 30.6 Å². The molecule has 0 aliphatic carbocycles. The number of nitrogens with zero attached hydrogens (tertiary/aromatic N) is 3. The standard InChI is InChI=1S/C20H20F3N5O/c1-12(2)25-19-27-16(13-6-8-24-9-7-13)11-18(28-19)26-14-4-5-17(29-3)15(10-14)20(21,22)23/h4-12H,1-3H3,(H2,25,26,27,28). The molecule has 0 fully saturated rings. The summed E-state index contributed by atoms with van der Waals surface area (Å²) in [6.07, 6.45) is -1.26. The molecule has 0 bridgehead atoms. The lowest BCUT2D eigenvalue weighted by molar-refractivity contribution is -0.138. The van der Waals surface area contributed by atoms with Crippen molar-refractivity contribution in [1.82, 2.24) is 15.0 Å². The SMILES string of the molecule is COc1ccc(Nc2cc(-c3ccncc3)nc(NC(C)C)n2)cc1C(F)(F)F. The molecule has 29 heavy (non-hydrogen) atoms. The van der Waals surface area contributed by atoms with Crippen molar-refractivity contribution in [3.63, 3.8) is 0 Å². The topological polar surface area (TPSA) is 72.0 Å². The van der Waals surface area contributed by atoms with Crippen LogP contribution in [-0.4, -0.2) is 28.1 Å². The zero-order valence-corrected chi connectivity index (χ0v) is 16.1. The van der Waals surface area contributed by atoms with E-state index in [0.29, 0.717) is 17.5 Å². The molecular weight excluding hydrogens is 383 g/mol. The average Bonchev–Trinajstić information content (AvgIpc) is 2.67. The van der Waals surface area contributed by atoms with E-state index >= 15 is 0 Å². The fourth-order valence-electron chi connectivity index (χ4n) is 2.66. The van der Waals surface area contributed by atoms with Gasteiger partial charge in [0.25, 0.3) is 0 Å². The van der Waals surface area contributed by atoms with Crippen LogP contribution in [0.15, 0.2) is 48.8 Å². The molecule has 0 atom stereocenters. The number of aromatic nitrogens is 3. The molecule has 3 rings (SSSR count). The Balaban J connectivity index is 2.00. The molecule has 0 saturated carbocycles. The number of hydrogen-bond acceptors (Lipinski definition) is 6. The number of ether oxygens (including phenoxy) is 1. The Morgan fingerprint density at radius 1 is 1.00 bits per heavy atom. The minimum Gasteiger partial charge on any atom is -0.496 e. The van der Waals surface area contributed by atoms with Gasteiger partial charge < -0.3 is 15.4 Å². The van der Waals surface area contributed by atoms with Crippen LogP contribution in [0.3, 0.4) is 0 Å². The van der Waals surface area contributed by atoms with Crippen LogP contribution in [0.4, 0.5) is 30.6 Å².